The molecular formula is C20H30IN. The van der Waals surface area contributed by atoms with E-state index in [0.29, 0.717) is 16.2 Å². The monoisotopic (exact) mass is 411 g/mol. The van der Waals surface area contributed by atoms with E-state index in [4.69, 9.17) is 4.99 Å². The van der Waals surface area contributed by atoms with E-state index in [9.17, 15) is 0 Å². The average molecular weight is 411 g/mol. The van der Waals surface area contributed by atoms with Crippen molar-refractivity contribution in [2.24, 2.45) is 56.7 Å². The molecule has 0 aromatic heterocycles. The molecule has 7 aliphatic carbocycles. The van der Waals surface area contributed by atoms with Crippen molar-refractivity contribution in [1.82, 2.24) is 0 Å². The molecule has 7 rings (SSSR count). The number of aliphatic imine (C=N–C) groups is 1. The summed E-state index contributed by atoms with van der Waals surface area (Å²) in [6, 6.07) is 0. The van der Waals surface area contributed by atoms with E-state index in [-0.39, 0.29) is 0 Å². The van der Waals surface area contributed by atoms with E-state index in [1.165, 1.54) is 19.3 Å². The van der Waals surface area contributed by atoms with Gasteiger partial charge in [-0.15, -0.1) is 0 Å². The lowest BCUT2D eigenvalue weighted by molar-refractivity contribution is -0.253. The summed E-state index contributed by atoms with van der Waals surface area (Å²) in [6.07, 6.45) is 4.28. The number of hydrogen-bond donors (Lipinski definition) is 0. The smallest absolute Gasteiger partial charge is 0.0360 e. The predicted octanol–water partition coefficient (Wildman–Crippen LogP) is 5.23. The van der Waals surface area contributed by atoms with Gasteiger partial charge >= 0.3 is 0 Å². The van der Waals surface area contributed by atoms with Gasteiger partial charge in [-0.3, -0.25) is 4.99 Å². The van der Waals surface area contributed by atoms with Crippen LogP contribution in [0.25, 0.3) is 0 Å². The van der Waals surface area contributed by atoms with E-state index in [2.05, 4.69) is 57.2 Å². The van der Waals surface area contributed by atoms with Crippen LogP contribution in [0.3, 0.4) is 0 Å². The van der Waals surface area contributed by atoms with Gasteiger partial charge in [0, 0.05) is 22.1 Å². The van der Waals surface area contributed by atoms with Crippen LogP contribution in [0.5, 0.6) is 0 Å². The molecule has 2 heteroatoms. The molecule has 0 N–H and O–H groups in total. The van der Waals surface area contributed by atoms with Crippen LogP contribution >= 0.6 is 22.6 Å². The number of rotatable bonds is 2. The van der Waals surface area contributed by atoms with Crippen LogP contribution in [0.15, 0.2) is 4.99 Å². The van der Waals surface area contributed by atoms with Crippen LogP contribution in [0.1, 0.15) is 53.9 Å². The largest absolute Gasteiger partial charge is 0.294 e. The molecule has 7 fully saturated rings. The zero-order valence-electron chi connectivity index (χ0n) is 14.7. The van der Waals surface area contributed by atoms with Gasteiger partial charge in [-0.1, -0.05) is 50.3 Å². The van der Waals surface area contributed by atoms with Crippen LogP contribution in [0, 0.1) is 51.8 Å². The zero-order chi connectivity index (χ0) is 15.7. The first-order valence-electron chi connectivity index (χ1n) is 9.50. The highest BCUT2D eigenvalue weighted by atomic mass is 127. The van der Waals surface area contributed by atoms with Gasteiger partial charge < -0.3 is 0 Å². The van der Waals surface area contributed by atoms with Gasteiger partial charge in [0.05, 0.1) is 0 Å². The summed E-state index contributed by atoms with van der Waals surface area (Å²) in [5, 5.41) is 0. The minimum atomic E-state index is 0.573. The Bertz CT molecular complexity index is 582. The second-order valence-corrected chi connectivity index (χ2v) is 11.6. The van der Waals surface area contributed by atoms with E-state index in [1.54, 1.807) is 5.71 Å². The molecule has 0 aliphatic heterocycles. The normalized spacial score (nSPS) is 66.7. The van der Waals surface area contributed by atoms with Gasteiger partial charge in [0.15, 0.2) is 0 Å². The molecule has 7 saturated carbocycles. The average Bonchev–Trinajstić information content (AvgIpc) is 2.68. The molecule has 22 heavy (non-hydrogen) atoms. The molecule has 9 unspecified atom stereocenters. The molecule has 0 amide bonds. The zero-order valence-corrected chi connectivity index (χ0v) is 16.9. The molecule has 7 aliphatic rings. The van der Waals surface area contributed by atoms with Crippen LogP contribution < -0.4 is 0 Å². The molecule has 1 nitrogen and oxygen atoms in total. The Morgan fingerprint density at radius 2 is 1.91 bits per heavy atom. The summed E-state index contributed by atoms with van der Waals surface area (Å²) in [5.74, 6) is 5.77. The minimum Gasteiger partial charge on any atom is -0.294 e. The van der Waals surface area contributed by atoms with Crippen molar-refractivity contribution in [2.45, 2.75) is 57.8 Å². The van der Waals surface area contributed by atoms with Crippen molar-refractivity contribution < 1.29 is 0 Å². The Balaban J connectivity index is 1.72. The van der Waals surface area contributed by atoms with Gasteiger partial charge in [0.25, 0.3) is 0 Å². The van der Waals surface area contributed by atoms with Crippen molar-refractivity contribution in [3.05, 3.63) is 0 Å². The predicted molar refractivity (Wildman–Crippen MR) is 101 cm³/mol. The maximum absolute atomic E-state index is 5.04. The molecule has 0 spiro atoms. The molecule has 0 radical (unpaired) electrons. The van der Waals surface area contributed by atoms with Crippen LogP contribution in [0.4, 0.5) is 0 Å². The highest BCUT2D eigenvalue weighted by Crippen LogP contribution is 2.95. The number of hydrogen-bond acceptors (Lipinski definition) is 1. The summed E-state index contributed by atoms with van der Waals surface area (Å²) < 4.78 is 0.834. The fourth-order valence-corrected chi connectivity index (χ4v) is 9.93. The first-order valence-corrected chi connectivity index (χ1v) is 10.7. The maximum Gasteiger partial charge on any atom is 0.0360 e. The summed E-state index contributed by atoms with van der Waals surface area (Å²) in [5.41, 5.74) is 3.42. The fourth-order valence-electron chi connectivity index (χ4n) is 9.19. The molecule has 0 aromatic carbocycles. The quantitative estimate of drug-likeness (QED) is 0.436. The molecule has 0 saturated heterocycles. The first kappa shape index (κ1) is 14.7. The lowest BCUT2D eigenvalue weighted by Gasteiger charge is -2.73. The Morgan fingerprint density at radius 1 is 1.18 bits per heavy atom. The van der Waals surface area contributed by atoms with Crippen molar-refractivity contribution in [2.75, 3.05) is 6.54 Å². The van der Waals surface area contributed by atoms with E-state index >= 15 is 0 Å². The van der Waals surface area contributed by atoms with Crippen molar-refractivity contribution in [3.8, 4) is 0 Å². The van der Waals surface area contributed by atoms with Gasteiger partial charge in [0.1, 0.15) is 0 Å². The molecule has 10 atom stereocenters. The van der Waals surface area contributed by atoms with Crippen LogP contribution in [-0.4, -0.2) is 16.2 Å². The summed E-state index contributed by atoms with van der Waals surface area (Å²) in [6.45, 7) is 13.8. The van der Waals surface area contributed by atoms with Gasteiger partial charge in [-0.05, 0) is 72.0 Å². The Labute approximate surface area is 149 Å². The molecule has 0 heterocycles. The van der Waals surface area contributed by atoms with Crippen molar-refractivity contribution in [3.63, 3.8) is 0 Å². The third-order valence-electron chi connectivity index (χ3n) is 10.1. The molecule has 6 bridgehead atoms. The number of alkyl halides is 1. The second-order valence-electron chi connectivity index (χ2n) is 9.66. The Hall–Kier alpha value is 0.400. The van der Waals surface area contributed by atoms with E-state index in [1.807, 2.05) is 0 Å². The lowest BCUT2D eigenvalue weighted by Crippen LogP contribution is -2.69. The Morgan fingerprint density at radius 3 is 2.55 bits per heavy atom. The number of nitrogens with zero attached hydrogens (tertiary/aromatic N) is 1. The fraction of sp³-hybridized carbons (Fsp3) is 0.950. The number of fused-ring (bicyclic) bond motifs is 1. The third-order valence-corrected chi connectivity index (χ3v) is 11.0. The Kier molecular flexibility index (Phi) is 2.65. The summed E-state index contributed by atoms with van der Waals surface area (Å²) in [4.78, 5) is 5.04. The summed E-state index contributed by atoms with van der Waals surface area (Å²) >= 11 is 2.73. The molecular weight excluding hydrogens is 381 g/mol. The van der Waals surface area contributed by atoms with Gasteiger partial charge in [-0.2, -0.15) is 0 Å². The second kappa shape index (κ2) is 3.96. The standard InChI is InChI=1S/C20H30IN/c1-6-22-15-8-11-7-12(10(2)21)16-17-14-9-13(15)19(14,4)20(16,5)18(11,17)3/h10-14,16-17H,6-9H2,1-5H3/t10-,11?,12?,13?,14?,16?,17?,18?,19?,20?/m1/s1. The third kappa shape index (κ3) is 1.10. The summed E-state index contributed by atoms with van der Waals surface area (Å²) in [7, 11) is 0. The van der Waals surface area contributed by atoms with Gasteiger partial charge in [-0.25, -0.2) is 0 Å². The van der Waals surface area contributed by atoms with Crippen molar-refractivity contribution in [1.29, 1.82) is 0 Å². The van der Waals surface area contributed by atoms with Crippen LogP contribution in [-0.2, 0) is 0 Å². The number of halogens is 1. The van der Waals surface area contributed by atoms with E-state index in [0.717, 1.165) is 46.0 Å². The molecule has 0 aromatic rings. The van der Waals surface area contributed by atoms with Crippen LogP contribution in [0.2, 0.25) is 0 Å². The minimum absolute atomic E-state index is 0.573. The maximum atomic E-state index is 5.04. The first-order chi connectivity index (χ1) is 10.3. The van der Waals surface area contributed by atoms with Gasteiger partial charge in [0.2, 0.25) is 0 Å². The topological polar surface area (TPSA) is 12.4 Å². The SMILES string of the molecule is CCN=C1CC2CC([C@@H](C)I)C3C4C5CC1C5(C)C3(C)C24C. The lowest BCUT2D eigenvalue weighted by atomic mass is 9.31. The van der Waals surface area contributed by atoms with Crippen molar-refractivity contribution >= 4 is 28.3 Å². The van der Waals surface area contributed by atoms with E-state index < -0.39 is 0 Å². The highest BCUT2D eigenvalue weighted by Gasteiger charge is 2.91. The molecule has 122 valence electrons. The highest BCUT2D eigenvalue weighted by molar-refractivity contribution is 14.1.